The number of aromatic nitrogens is 3. The number of aliphatic carboxylic acids is 1. The topological polar surface area (TPSA) is 116 Å². The first-order valence-electron chi connectivity index (χ1n) is 9.90. The maximum absolute atomic E-state index is 13.2. The van der Waals surface area contributed by atoms with Crippen molar-refractivity contribution in [3.05, 3.63) is 53.6 Å². The first-order chi connectivity index (χ1) is 14.3. The van der Waals surface area contributed by atoms with E-state index in [2.05, 4.69) is 15.0 Å². The van der Waals surface area contributed by atoms with Crippen LogP contribution in [-0.2, 0) is 21.2 Å². The normalized spacial score (nSPS) is 14.7. The van der Waals surface area contributed by atoms with Crippen molar-refractivity contribution in [3.63, 3.8) is 0 Å². The van der Waals surface area contributed by atoms with E-state index in [1.807, 2.05) is 13.0 Å². The minimum atomic E-state index is -4.03. The Morgan fingerprint density at radius 1 is 1.13 bits per heavy atom. The van der Waals surface area contributed by atoms with E-state index in [1.54, 1.807) is 39.1 Å². The van der Waals surface area contributed by atoms with Crippen molar-refractivity contribution >= 4 is 27.0 Å². The monoisotopic (exact) mass is 444 g/mol. The zero-order valence-corrected chi connectivity index (χ0v) is 19.4. The summed E-state index contributed by atoms with van der Waals surface area (Å²) >= 11 is 0. The van der Waals surface area contributed by atoms with Crippen LogP contribution in [0.15, 0.2) is 41.4 Å². The molecule has 2 N–H and O–H groups in total. The van der Waals surface area contributed by atoms with Gasteiger partial charge in [-0.05, 0) is 43.0 Å². The molecule has 0 aliphatic carbocycles. The predicted molar refractivity (Wildman–Crippen MR) is 118 cm³/mol. The second kappa shape index (κ2) is 7.72. The standard InChI is InChI=1S/C22H28N4O4S/c1-14-24-17-11-12-23-18(19(17)25-14)13-15-7-9-16(10-8-15)31(29,30)26(6)22(5,20(27)28)21(2,3)4/h7-12H,13H2,1-6H3,(H,24,25)(H,27,28)/t22-/m0/s1. The van der Waals surface area contributed by atoms with Crippen LogP contribution in [0.2, 0.25) is 0 Å². The summed E-state index contributed by atoms with van der Waals surface area (Å²) < 4.78 is 27.4. The van der Waals surface area contributed by atoms with Gasteiger partial charge >= 0.3 is 5.97 Å². The zero-order valence-electron chi connectivity index (χ0n) is 18.6. The Bertz CT molecular complexity index is 1230. The highest BCUT2D eigenvalue weighted by Gasteiger charge is 2.52. The van der Waals surface area contributed by atoms with E-state index in [4.69, 9.17) is 0 Å². The van der Waals surface area contributed by atoms with Crippen LogP contribution in [0.5, 0.6) is 0 Å². The van der Waals surface area contributed by atoms with Gasteiger partial charge in [0.25, 0.3) is 0 Å². The number of hydrogen-bond donors (Lipinski definition) is 2. The highest BCUT2D eigenvalue weighted by atomic mass is 32.2. The zero-order chi connectivity index (χ0) is 23.2. The maximum atomic E-state index is 13.2. The number of aryl methyl sites for hydroxylation is 1. The van der Waals surface area contributed by atoms with Crippen molar-refractivity contribution in [1.82, 2.24) is 19.3 Å². The fraction of sp³-hybridized carbons (Fsp3) is 0.409. The largest absolute Gasteiger partial charge is 0.480 e. The second-order valence-electron chi connectivity index (χ2n) is 8.90. The van der Waals surface area contributed by atoms with E-state index >= 15 is 0 Å². The number of benzene rings is 1. The molecule has 0 radical (unpaired) electrons. The molecular weight excluding hydrogens is 416 g/mol. The lowest BCUT2D eigenvalue weighted by atomic mass is 9.75. The fourth-order valence-electron chi connectivity index (χ4n) is 3.54. The lowest BCUT2D eigenvalue weighted by Crippen LogP contribution is -2.60. The number of aromatic amines is 1. The predicted octanol–water partition coefficient (Wildman–Crippen LogP) is 3.37. The number of sulfonamides is 1. The number of rotatable bonds is 6. The molecule has 0 amide bonds. The Kier molecular flexibility index (Phi) is 5.70. The van der Waals surface area contributed by atoms with Crippen LogP contribution in [0.4, 0.5) is 0 Å². The molecule has 9 heteroatoms. The van der Waals surface area contributed by atoms with E-state index in [1.165, 1.54) is 26.1 Å². The third kappa shape index (κ3) is 3.95. The van der Waals surface area contributed by atoms with Crippen molar-refractivity contribution in [3.8, 4) is 0 Å². The quantitative estimate of drug-likeness (QED) is 0.602. The summed E-state index contributed by atoms with van der Waals surface area (Å²) in [7, 11) is -2.71. The van der Waals surface area contributed by atoms with Crippen molar-refractivity contribution in [1.29, 1.82) is 0 Å². The molecule has 0 unspecified atom stereocenters. The molecular formula is C22H28N4O4S. The number of carbonyl (C=O) groups is 1. The third-order valence-electron chi connectivity index (χ3n) is 6.06. The number of fused-ring (bicyclic) bond motifs is 1. The van der Waals surface area contributed by atoms with E-state index in [0.717, 1.165) is 32.4 Å². The van der Waals surface area contributed by atoms with Crippen LogP contribution < -0.4 is 0 Å². The lowest BCUT2D eigenvalue weighted by Gasteiger charge is -2.43. The Morgan fingerprint density at radius 2 is 1.74 bits per heavy atom. The molecule has 1 aromatic carbocycles. The molecule has 0 fully saturated rings. The Hall–Kier alpha value is -2.78. The number of carboxylic acids is 1. The van der Waals surface area contributed by atoms with Gasteiger partial charge in [0.05, 0.1) is 16.1 Å². The molecule has 8 nitrogen and oxygen atoms in total. The molecule has 2 aromatic heterocycles. The fourth-order valence-corrected chi connectivity index (χ4v) is 5.17. The van der Waals surface area contributed by atoms with Gasteiger partial charge in [-0.1, -0.05) is 32.9 Å². The average molecular weight is 445 g/mol. The number of imidazole rings is 1. The molecule has 3 rings (SSSR count). The minimum absolute atomic E-state index is 0.0391. The van der Waals surface area contributed by atoms with Crippen molar-refractivity contribution < 1.29 is 18.3 Å². The lowest BCUT2D eigenvalue weighted by molar-refractivity contribution is -0.153. The molecule has 2 heterocycles. The second-order valence-corrected chi connectivity index (χ2v) is 10.9. The van der Waals surface area contributed by atoms with Crippen LogP contribution in [0.25, 0.3) is 11.0 Å². The number of likely N-dealkylation sites (N-methyl/N-ethyl adjacent to an activating group) is 1. The molecule has 0 spiro atoms. The summed E-state index contributed by atoms with van der Waals surface area (Å²) in [5.74, 6) is -0.398. The van der Waals surface area contributed by atoms with E-state index in [-0.39, 0.29) is 4.90 Å². The summed E-state index contributed by atoms with van der Waals surface area (Å²) in [6, 6.07) is 8.30. The molecule has 31 heavy (non-hydrogen) atoms. The van der Waals surface area contributed by atoms with Gasteiger partial charge in [-0.2, -0.15) is 4.31 Å². The van der Waals surface area contributed by atoms with Crippen LogP contribution >= 0.6 is 0 Å². The number of nitrogens with one attached hydrogen (secondary N) is 1. The van der Waals surface area contributed by atoms with Gasteiger partial charge < -0.3 is 10.1 Å². The molecule has 1 atom stereocenters. The number of carboxylic acid groups (broad SMARTS) is 1. The summed E-state index contributed by atoms with van der Waals surface area (Å²) in [5.41, 5.74) is 0.909. The van der Waals surface area contributed by atoms with Crippen LogP contribution in [-0.4, -0.2) is 51.3 Å². The molecule has 166 valence electrons. The van der Waals surface area contributed by atoms with Crippen molar-refractivity contribution in [2.24, 2.45) is 5.41 Å². The van der Waals surface area contributed by atoms with E-state index in [0.29, 0.717) is 6.42 Å². The maximum Gasteiger partial charge on any atom is 0.325 e. The van der Waals surface area contributed by atoms with Gasteiger partial charge in [0.15, 0.2) is 0 Å². The van der Waals surface area contributed by atoms with Gasteiger partial charge in [-0.15, -0.1) is 0 Å². The highest BCUT2D eigenvalue weighted by molar-refractivity contribution is 7.89. The van der Waals surface area contributed by atoms with E-state index < -0.39 is 26.9 Å². The number of nitrogens with zero attached hydrogens (tertiary/aromatic N) is 3. The van der Waals surface area contributed by atoms with Gasteiger partial charge in [-0.3, -0.25) is 9.78 Å². The van der Waals surface area contributed by atoms with Crippen molar-refractivity contribution in [2.45, 2.75) is 51.5 Å². The molecule has 0 aliphatic rings. The summed E-state index contributed by atoms with van der Waals surface area (Å²) in [6.07, 6.45) is 2.20. The average Bonchev–Trinajstić information content (AvgIpc) is 3.07. The van der Waals surface area contributed by atoms with Gasteiger partial charge in [0.1, 0.15) is 16.9 Å². The van der Waals surface area contributed by atoms with Crippen molar-refractivity contribution in [2.75, 3.05) is 7.05 Å². The van der Waals surface area contributed by atoms with Gasteiger partial charge in [0.2, 0.25) is 10.0 Å². The number of hydrogen-bond acceptors (Lipinski definition) is 5. The Balaban J connectivity index is 1.92. The molecule has 0 saturated carbocycles. The Morgan fingerprint density at radius 3 is 2.29 bits per heavy atom. The number of pyridine rings is 1. The summed E-state index contributed by atoms with van der Waals surface area (Å²) in [5, 5.41) is 9.82. The van der Waals surface area contributed by atoms with Crippen LogP contribution in [0.1, 0.15) is 44.8 Å². The van der Waals surface area contributed by atoms with Crippen LogP contribution in [0, 0.1) is 12.3 Å². The summed E-state index contributed by atoms with van der Waals surface area (Å²) in [6.45, 7) is 8.43. The third-order valence-corrected chi connectivity index (χ3v) is 8.01. The molecule has 0 saturated heterocycles. The SMILES string of the molecule is Cc1nc2c(Cc3ccc(S(=O)(=O)N(C)[C@@](C)(C(=O)O)C(C)(C)C)cc3)nccc2[nH]1. The minimum Gasteiger partial charge on any atom is -0.480 e. The number of H-pyrrole nitrogens is 1. The highest BCUT2D eigenvalue weighted by Crippen LogP contribution is 2.38. The summed E-state index contributed by atoms with van der Waals surface area (Å²) in [4.78, 5) is 24.1. The molecule has 0 bridgehead atoms. The Labute approximate surface area is 182 Å². The van der Waals surface area contributed by atoms with Crippen LogP contribution in [0.3, 0.4) is 0 Å². The van der Waals surface area contributed by atoms with Gasteiger partial charge in [-0.25, -0.2) is 13.4 Å². The first kappa shape index (κ1) is 22.9. The molecule has 0 aliphatic heterocycles. The molecule has 3 aromatic rings. The van der Waals surface area contributed by atoms with Gasteiger partial charge in [0, 0.05) is 19.7 Å². The van der Waals surface area contributed by atoms with E-state index in [9.17, 15) is 18.3 Å². The first-order valence-corrected chi connectivity index (χ1v) is 11.3. The smallest absolute Gasteiger partial charge is 0.325 e.